The van der Waals surface area contributed by atoms with E-state index in [2.05, 4.69) is 20.3 Å². The number of piperazine rings is 1. The Morgan fingerprint density at radius 2 is 2.23 bits per heavy atom. The SMILES string of the molecule is NN1CCNCC1c1ncncn1. The van der Waals surface area contributed by atoms with Crippen molar-refractivity contribution in [2.75, 3.05) is 19.6 Å². The van der Waals surface area contributed by atoms with Crippen molar-refractivity contribution in [3.63, 3.8) is 0 Å². The largest absolute Gasteiger partial charge is 0.313 e. The molecule has 1 aliphatic heterocycles. The lowest BCUT2D eigenvalue weighted by atomic mass is 10.2. The van der Waals surface area contributed by atoms with Crippen LogP contribution in [0.2, 0.25) is 0 Å². The average Bonchev–Trinajstić information content (AvgIpc) is 2.20. The number of hydrogen-bond acceptors (Lipinski definition) is 6. The van der Waals surface area contributed by atoms with Crippen LogP contribution in [0.5, 0.6) is 0 Å². The van der Waals surface area contributed by atoms with Crippen molar-refractivity contribution < 1.29 is 0 Å². The van der Waals surface area contributed by atoms with Crippen LogP contribution >= 0.6 is 0 Å². The second-order valence-corrected chi connectivity index (χ2v) is 2.95. The lowest BCUT2D eigenvalue weighted by molar-refractivity contribution is 0.158. The van der Waals surface area contributed by atoms with E-state index in [1.54, 1.807) is 5.01 Å². The lowest BCUT2D eigenvalue weighted by Gasteiger charge is -2.30. The highest BCUT2D eigenvalue weighted by Crippen LogP contribution is 2.13. The van der Waals surface area contributed by atoms with Gasteiger partial charge in [-0.1, -0.05) is 0 Å². The molecule has 1 unspecified atom stereocenters. The third-order valence-corrected chi connectivity index (χ3v) is 2.10. The molecular weight excluding hydrogens is 168 g/mol. The van der Waals surface area contributed by atoms with E-state index in [-0.39, 0.29) is 6.04 Å². The molecule has 0 saturated carbocycles. The van der Waals surface area contributed by atoms with Crippen LogP contribution < -0.4 is 11.2 Å². The summed E-state index contributed by atoms with van der Waals surface area (Å²) in [4.78, 5) is 11.9. The van der Waals surface area contributed by atoms with Crippen LogP contribution in [0.15, 0.2) is 12.7 Å². The summed E-state index contributed by atoms with van der Waals surface area (Å²) in [6, 6.07) is 0.0664. The molecule has 0 bridgehead atoms. The van der Waals surface area contributed by atoms with Gasteiger partial charge in [0.25, 0.3) is 0 Å². The number of nitrogens with two attached hydrogens (primary N) is 1. The van der Waals surface area contributed by atoms with Crippen LogP contribution in [0, 0.1) is 0 Å². The van der Waals surface area contributed by atoms with Gasteiger partial charge in [0.1, 0.15) is 12.7 Å². The van der Waals surface area contributed by atoms with Crippen molar-refractivity contribution >= 4 is 0 Å². The first-order valence-corrected chi connectivity index (χ1v) is 4.22. The van der Waals surface area contributed by atoms with Crippen molar-refractivity contribution in [3.8, 4) is 0 Å². The molecule has 1 aromatic rings. The van der Waals surface area contributed by atoms with Crippen molar-refractivity contribution in [3.05, 3.63) is 18.5 Å². The maximum absolute atomic E-state index is 5.80. The minimum Gasteiger partial charge on any atom is -0.313 e. The second kappa shape index (κ2) is 3.73. The normalized spacial score (nSPS) is 24.5. The fourth-order valence-electron chi connectivity index (χ4n) is 1.38. The molecule has 1 aromatic heterocycles. The minimum atomic E-state index is 0.0664. The fraction of sp³-hybridized carbons (Fsp3) is 0.571. The zero-order chi connectivity index (χ0) is 9.10. The number of aromatic nitrogens is 3. The molecule has 0 radical (unpaired) electrons. The zero-order valence-corrected chi connectivity index (χ0v) is 7.22. The van der Waals surface area contributed by atoms with E-state index >= 15 is 0 Å². The Kier molecular flexibility index (Phi) is 2.44. The number of hydrogen-bond donors (Lipinski definition) is 2. The Morgan fingerprint density at radius 3 is 2.92 bits per heavy atom. The van der Waals surface area contributed by atoms with Gasteiger partial charge in [-0.05, 0) is 0 Å². The molecule has 0 aliphatic carbocycles. The van der Waals surface area contributed by atoms with Gasteiger partial charge in [0.2, 0.25) is 0 Å². The molecule has 3 N–H and O–H groups in total. The Bertz CT molecular complexity index is 263. The van der Waals surface area contributed by atoms with Crippen molar-refractivity contribution in [1.29, 1.82) is 0 Å². The van der Waals surface area contributed by atoms with E-state index < -0.39 is 0 Å². The van der Waals surface area contributed by atoms with Crippen LogP contribution in [0.4, 0.5) is 0 Å². The summed E-state index contributed by atoms with van der Waals surface area (Å²) in [6.07, 6.45) is 2.98. The molecule has 1 fully saturated rings. The Hall–Kier alpha value is -1.11. The first-order chi connectivity index (χ1) is 6.38. The van der Waals surface area contributed by atoms with E-state index in [9.17, 15) is 0 Å². The van der Waals surface area contributed by atoms with Gasteiger partial charge in [0.05, 0.1) is 6.04 Å². The molecule has 1 saturated heterocycles. The van der Waals surface area contributed by atoms with Crippen molar-refractivity contribution in [1.82, 2.24) is 25.3 Å². The summed E-state index contributed by atoms with van der Waals surface area (Å²) in [5.74, 6) is 6.53. The topological polar surface area (TPSA) is 80.0 Å². The highest BCUT2D eigenvalue weighted by atomic mass is 15.4. The summed E-state index contributed by atoms with van der Waals surface area (Å²) in [5, 5.41) is 5.00. The van der Waals surface area contributed by atoms with E-state index in [0.717, 1.165) is 25.5 Å². The third-order valence-electron chi connectivity index (χ3n) is 2.10. The number of nitrogens with one attached hydrogen (secondary N) is 1. The molecule has 13 heavy (non-hydrogen) atoms. The maximum Gasteiger partial charge on any atom is 0.151 e. The smallest absolute Gasteiger partial charge is 0.151 e. The Labute approximate surface area is 76.2 Å². The first-order valence-electron chi connectivity index (χ1n) is 4.22. The quantitative estimate of drug-likeness (QED) is 0.522. The van der Waals surface area contributed by atoms with Gasteiger partial charge < -0.3 is 5.32 Å². The second-order valence-electron chi connectivity index (χ2n) is 2.95. The molecule has 1 atom stereocenters. The van der Waals surface area contributed by atoms with Crippen LogP contribution in [0.3, 0.4) is 0 Å². The predicted octanol–water partition coefficient (Wildman–Crippen LogP) is -1.31. The third kappa shape index (κ3) is 1.80. The average molecular weight is 180 g/mol. The van der Waals surface area contributed by atoms with E-state index in [1.807, 2.05) is 0 Å². The summed E-state index contributed by atoms with van der Waals surface area (Å²) in [5.41, 5.74) is 0. The summed E-state index contributed by atoms with van der Waals surface area (Å²) >= 11 is 0. The van der Waals surface area contributed by atoms with Gasteiger partial charge in [-0.25, -0.2) is 20.0 Å². The van der Waals surface area contributed by atoms with Gasteiger partial charge >= 0.3 is 0 Å². The highest BCUT2D eigenvalue weighted by Gasteiger charge is 2.22. The maximum atomic E-state index is 5.80. The van der Waals surface area contributed by atoms with Crippen LogP contribution in [-0.2, 0) is 0 Å². The minimum absolute atomic E-state index is 0.0664. The first kappa shape index (κ1) is 8.49. The standard InChI is InChI=1S/C7H12N6/c8-13-2-1-9-3-6(13)7-11-4-10-5-12-7/h4-6,9H,1-3,8H2. The number of hydrazine groups is 1. The Balaban J connectivity index is 2.15. The fourth-order valence-corrected chi connectivity index (χ4v) is 1.38. The van der Waals surface area contributed by atoms with Crippen LogP contribution in [-0.4, -0.2) is 39.6 Å². The van der Waals surface area contributed by atoms with Gasteiger partial charge in [0.15, 0.2) is 5.82 Å². The summed E-state index contributed by atoms with van der Waals surface area (Å²) in [7, 11) is 0. The lowest BCUT2D eigenvalue weighted by Crippen LogP contribution is -2.49. The molecule has 70 valence electrons. The van der Waals surface area contributed by atoms with Gasteiger partial charge in [-0.3, -0.25) is 5.84 Å². The molecule has 2 heterocycles. The van der Waals surface area contributed by atoms with E-state index in [1.165, 1.54) is 12.7 Å². The van der Waals surface area contributed by atoms with Crippen molar-refractivity contribution in [2.45, 2.75) is 6.04 Å². The monoisotopic (exact) mass is 180 g/mol. The van der Waals surface area contributed by atoms with Gasteiger partial charge in [-0.2, -0.15) is 0 Å². The molecule has 0 amide bonds. The van der Waals surface area contributed by atoms with Crippen molar-refractivity contribution in [2.24, 2.45) is 5.84 Å². The number of nitrogens with zero attached hydrogens (tertiary/aromatic N) is 4. The summed E-state index contributed by atoms with van der Waals surface area (Å²) in [6.45, 7) is 2.52. The van der Waals surface area contributed by atoms with E-state index in [0.29, 0.717) is 0 Å². The van der Waals surface area contributed by atoms with Gasteiger partial charge in [-0.15, -0.1) is 0 Å². The Morgan fingerprint density at radius 1 is 1.46 bits per heavy atom. The predicted molar refractivity (Wildman–Crippen MR) is 46.3 cm³/mol. The molecule has 6 nitrogen and oxygen atoms in total. The molecular formula is C7H12N6. The summed E-state index contributed by atoms with van der Waals surface area (Å²) < 4.78 is 0. The molecule has 0 spiro atoms. The van der Waals surface area contributed by atoms with Crippen LogP contribution in [0.1, 0.15) is 11.9 Å². The number of rotatable bonds is 1. The zero-order valence-electron chi connectivity index (χ0n) is 7.22. The highest BCUT2D eigenvalue weighted by molar-refractivity contribution is 4.95. The molecule has 6 heteroatoms. The molecule has 0 aromatic carbocycles. The van der Waals surface area contributed by atoms with Crippen LogP contribution in [0.25, 0.3) is 0 Å². The van der Waals surface area contributed by atoms with E-state index in [4.69, 9.17) is 5.84 Å². The molecule has 1 aliphatic rings. The van der Waals surface area contributed by atoms with Gasteiger partial charge in [0, 0.05) is 19.6 Å². The molecule has 2 rings (SSSR count).